The molecule has 0 bridgehead atoms. The van der Waals surface area contributed by atoms with Crippen LogP contribution in [-0.4, -0.2) is 67.2 Å². The molecule has 32 heavy (non-hydrogen) atoms. The first-order chi connectivity index (χ1) is 15.0. The molecule has 0 radical (unpaired) electrons. The number of quaternary nitrogens is 1. The Kier molecular flexibility index (Phi) is 5.41. The van der Waals surface area contributed by atoms with Gasteiger partial charge in [0, 0.05) is 30.4 Å². The second-order valence-electron chi connectivity index (χ2n) is 9.98. The monoisotopic (exact) mass is 438 g/mol. The van der Waals surface area contributed by atoms with E-state index in [-0.39, 0.29) is 34.4 Å². The largest absolute Gasteiger partial charge is 0.334 e. The average Bonchev–Trinajstić information content (AvgIpc) is 2.70. The molecule has 8 heteroatoms. The van der Waals surface area contributed by atoms with Crippen molar-refractivity contribution in [3.05, 3.63) is 47.3 Å². The summed E-state index contributed by atoms with van der Waals surface area (Å²) in [6.45, 7) is 2.32. The van der Waals surface area contributed by atoms with Gasteiger partial charge < -0.3 is 4.90 Å². The fourth-order valence-electron chi connectivity index (χ4n) is 5.32. The number of carbonyl (C=O) groups excluding carboxylic acids is 3. The predicted molar refractivity (Wildman–Crippen MR) is 120 cm³/mol. The van der Waals surface area contributed by atoms with Crippen molar-refractivity contribution < 1.29 is 19.0 Å². The third-order valence-electron chi connectivity index (χ3n) is 7.30. The lowest BCUT2D eigenvalue weighted by Gasteiger charge is -2.54. The van der Waals surface area contributed by atoms with E-state index >= 15 is 0 Å². The minimum absolute atomic E-state index is 0.0378. The highest BCUT2D eigenvalue weighted by atomic mass is 16.2. The average molecular weight is 439 g/mol. The van der Waals surface area contributed by atoms with Gasteiger partial charge in [0.2, 0.25) is 0 Å². The maximum absolute atomic E-state index is 13.3. The van der Waals surface area contributed by atoms with Crippen molar-refractivity contribution >= 4 is 17.5 Å². The molecule has 8 nitrogen and oxygen atoms in total. The molecule has 1 N–H and O–H groups in total. The SMILES string of the molecule is CC(=O)[N+](C)(C)NC1=C2C(=O)CC=CC23N=NC=CC32CC(CCN(C)C)C(=O)CC2=C1. The maximum atomic E-state index is 13.3. The minimum atomic E-state index is -1.00. The summed E-state index contributed by atoms with van der Waals surface area (Å²) in [6.07, 6.45) is 11.4. The number of Topliss-reactive ketones (excluding diaryl/α,β-unsaturated/α-hetero) is 2. The van der Waals surface area contributed by atoms with E-state index in [1.807, 2.05) is 38.4 Å². The lowest BCUT2D eigenvalue weighted by atomic mass is 9.50. The highest BCUT2D eigenvalue weighted by Crippen LogP contribution is 2.61. The molecular formula is C24H32N5O3+. The first-order valence-corrected chi connectivity index (χ1v) is 11.1. The summed E-state index contributed by atoms with van der Waals surface area (Å²) in [6, 6.07) is 0. The zero-order valence-electron chi connectivity index (χ0n) is 19.5. The van der Waals surface area contributed by atoms with Crippen LogP contribution in [-0.2, 0) is 14.4 Å². The molecule has 0 aromatic heterocycles. The number of hydrogen-bond acceptors (Lipinski definition) is 7. The van der Waals surface area contributed by atoms with Gasteiger partial charge >= 0.3 is 5.91 Å². The van der Waals surface area contributed by atoms with Crippen molar-refractivity contribution in [3.63, 3.8) is 0 Å². The Labute approximate surface area is 189 Å². The number of rotatable bonds is 5. The van der Waals surface area contributed by atoms with Crippen LogP contribution in [0.3, 0.4) is 0 Å². The summed E-state index contributed by atoms with van der Waals surface area (Å²) in [4.78, 5) is 40.8. The summed E-state index contributed by atoms with van der Waals surface area (Å²) in [5.74, 6) is -0.0435. The highest BCUT2D eigenvalue weighted by molar-refractivity contribution is 6.03. The molecule has 0 aromatic rings. The van der Waals surface area contributed by atoms with Gasteiger partial charge in [-0.15, -0.1) is 0 Å². The molecular weight excluding hydrogens is 406 g/mol. The van der Waals surface area contributed by atoms with Crippen LogP contribution in [0.2, 0.25) is 0 Å². The second-order valence-corrected chi connectivity index (χ2v) is 9.98. The molecule has 3 aliphatic carbocycles. The van der Waals surface area contributed by atoms with Crippen molar-refractivity contribution in [2.75, 3.05) is 34.7 Å². The van der Waals surface area contributed by atoms with E-state index in [9.17, 15) is 14.4 Å². The van der Waals surface area contributed by atoms with Crippen molar-refractivity contribution in [3.8, 4) is 0 Å². The molecule has 2 spiro atoms. The van der Waals surface area contributed by atoms with Crippen LogP contribution in [0.5, 0.6) is 0 Å². The molecule has 1 heterocycles. The Morgan fingerprint density at radius 3 is 2.72 bits per heavy atom. The van der Waals surface area contributed by atoms with Gasteiger partial charge in [0.1, 0.15) is 11.3 Å². The highest BCUT2D eigenvalue weighted by Gasteiger charge is 2.62. The van der Waals surface area contributed by atoms with Gasteiger partial charge in [-0.2, -0.15) is 14.8 Å². The van der Waals surface area contributed by atoms with E-state index in [1.165, 1.54) is 6.92 Å². The summed E-state index contributed by atoms with van der Waals surface area (Å²) in [5.41, 5.74) is 3.64. The number of hydrogen-bond donors (Lipinski definition) is 1. The van der Waals surface area contributed by atoms with Crippen LogP contribution >= 0.6 is 0 Å². The lowest BCUT2D eigenvalue weighted by Crippen LogP contribution is -2.60. The Morgan fingerprint density at radius 2 is 2.03 bits per heavy atom. The van der Waals surface area contributed by atoms with Gasteiger partial charge in [-0.05, 0) is 45.1 Å². The first-order valence-electron chi connectivity index (χ1n) is 11.1. The van der Waals surface area contributed by atoms with Crippen LogP contribution in [0.4, 0.5) is 0 Å². The third kappa shape index (κ3) is 3.33. The van der Waals surface area contributed by atoms with Gasteiger partial charge in [0.15, 0.2) is 5.78 Å². The van der Waals surface area contributed by atoms with E-state index in [4.69, 9.17) is 0 Å². The summed E-state index contributed by atoms with van der Waals surface area (Å²) < 4.78 is -0.130. The Morgan fingerprint density at radius 1 is 1.28 bits per heavy atom. The van der Waals surface area contributed by atoms with Crippen molar-refractivity contribution in [1.29, 1.82) is 0 Å². The standard InChI is InChI=1S/C24H31N5O3/c1-16(30)29(4,5)26-19-13-18-14-21(32)17(8-12-28(2)3)15-23(18)10-11-25-27-24(23)9-6-7-20(31)22(19)24/h6,9-11,13,17H,7-8,12,14-15H2,1-5H3/p+1. The van der Waals surface area contributed by atoms with Crippen LogP contribution in [0.15, 0.2) is 57.6 Å². The van der Waals surface area contributed by atoms with Crippen LogP contribution < -0.4 is 5.43 Å². The van der Waals surface area contributed by atoms with Crippen LogP contribution in [0.25, 0.3) is 0 Å². The van der Waals surface area contributed by atoms with Gasteiger partial charge in [0.25, 0.3) is 0 Å². The summed E-state index contributed by atoms with van der Waals surface area (Å²) >= 11 is 0. The fourth-order valence-corrected chi connectivity index (χ4v) is 5.32. The molecule has 1 saturated carbocycles. The normalized spacial score (nSPS) is 31.3. The fraction of sp³-hybridized carbons (Fsp3) is 0.542. The summed E-state index contributed by atoms with van der Waals surface area (Å²) in [5, 5.41) is 8.92. The minimum Gasteiger partial charge on any atom is -0.309 e. The Balaban J connectivity index is 1.88. The first kappa shape index (κ1) is 22.5. The Hall–Kier alpha value is -2.71. The molecule has 3 unspecified atom stereocenters. The van der Waals surface area contributed by atoms with E-state index in [0.29, 0.717) is 24.1 Å². The van der Waals surface area contributed by atoms with E-state index in [0.717, 1.165) is 18.5 Å². The molecule has 170 valence electrons. The quantitative estimate of drug-likeness (QED) is 0.405. The van der Waals surface area contributed by atoms with Gasteiger partial charge in [0.05, 0.1) is 32.3 Å². The number of ketones is 2. The molecule has 4 rings (SSSR count). The number of carbonyl (C=O) groups is 3. The molecule has 1 aliphatic heterocycles. The van der Waals surface area contributed by atoms with Crippen molar-refractivity contribution in [2.45, 2.75) is 38.1 Å². The topological polar surface area (TPSA) is 91.2 Å². The molecule has 1 fully saturated rings. The van der Waals surface area contributed by atoms with E-state index in [2.05, 4.69) is 20.6 Å². The van der Waals surface area contributed by atoms with E-state index in [1.54, 1.807) is 20.3 Å². The third-order valence-corrected chi connectivity index (χ3v) is 7.30. The maximum Gasteiger partial charge on any atom is 0.334 e. The number of azo groups is 1. The number of nitrogens with one attached hydrogen (secondary N) is 1. The summed E-state index contributed by atoms with van der Waals surface area (Å²) in [7, 11) is 7.48. The molecule has 1 amide bonds. The number of amides is 1. The van der Waals surface area contributed by atoms with Gasteiger partial charge in [-0.1, -0.05) is 18.2 Å². The molecule has 0 saturated heterocycles. The van der Waals surface area contributed by atoms with Gasteiger partial charge in [-0.3, -0.25) is 9.59 Å². The number of nitrogens with zero attached hydrogens (tertiary/aromatic N) is 4. The zero-order valence-corrected chi connectivity index (χ0v) is 19.5. The second kappa shape index (κ2) is 7.71. The zero-order chi connectivity index (χ0) is 23.3. The van der Waals surface area contributed by atoms with Crippen molar-refractivity contribution in [2.24, 2.45) is 21.6 Å². The lowest BCUT2D eigenvalue weighted by molar-refractivity contribution is -0.854. The van der Waals surface area contributed by atoms with Crippen LogP contribution in [0.1, 0.15) is 32.6 Å². The molecule has 0 aromatic carbocycles. The van der Waals surface area contributed by atoms with Crippen molar-refractivity contribution in [1.82, 2.24) is 10.3 Å². The molecule has 4 aliphatic rings. The smallest absolute Gasteiger partial charge is 0.309 e. The Bertz CT molecular complexity index is 1030. The van der Waals surface area contributed by atoms with Crippen LogP contribution in [0, 0.1) is 11.3 Å². The predicted octanol–water partition coefficient (Wildman–Crippen LogP) is 2.47. The molecule has 3 atom stereocenters. The number of allylic oxidation sites excluding steroid dienone is 2. The van der Waals surface area contributed by atoms with Gasteiger partial charge in [-0.25, -0.2) is 10.2 Å². The van der Waals surface area contributed by atoms with E-state index < -0.39 is 11.0 Å².